The van der Waals surface area contributed by atoms with Crippen molar-refractivity contribution in [2.75, 3.05) is 18.5 Å². The van der Waals surface area contributed by atoms with Gasteiger partial charge in [0.2, 0.25) is 0 Å². The van der Waals surface area contributed by atoms with Crippen molar-refractivity contribution in [3.63, 3.8) is 0 Å². The topological polar surface area (TPSA) is 41.1 Å². The summed E-state index contributed by atoms with van der Waals surface area (Å²) in [6.07, 6.45) is 9.32. The van der Waals surface area contributed by atoms with Crippen molar-refractivity contribution in [1.82, 2.24) is 15.3 Å². The van der Waals surface area contributed by atoms with Gasteiger partial charge in [0.1, 0.15) is 0 Å². The van der Waals surface area contributed by atoms with Crippen molar-refractivity contribution in [3.8, 4) is 0 Å². The molecule has 1 aromatic heterocycles. The zero-order valence-corrected chi connectivity index (χ0v) is 18.2. The van der Waals surface area contributed by atoms with Gasteiger partial charge in [0.15, 0.2) is 0 Å². The molecule has 4 heteroatoms. The van der Waals surface area contributed by atoms with E-state index in [-0.39, 0.29) is 0 Å². The minimum absolute atomic E-state index is 0.684. The second-order valence-electron chi connectivity index (χ2n) is 7.20. The maximum absolute atomic E-state index is 4.83. The first-order chi connectivity index (χ1) is 14.6. The van der Waals surface area contributed by atoms with Crippen molar-refractivity contribution in [3.05, 3.63) is 90.9 Å². The molecule has 3 aromatic rings. The van der Waals surface area contributed by atoms with Crippen LogP contribution in [-0.2, 0) is 12.8 Å². The lowest BCUT2D eigenvalue weighted by Gasteiger charge is -2.21. The van der Waals surface area contributed by atoms with E-state index in [1.807, 2.05) is 18.3 Å². The van der Waals surface area contributed by atoms with Crippen LogP contribution in [0.25, 0.3) is 16.6 Å². The van der Waals surface area contributed by atoms with Crippen LogP contribution < -0.4 is 10.2 Å². The molecule has 0 saturated carbocycles. The van der Waals surface area contributed by atoms with Crippen LogP contribution in [0.2, 0.25) is 0 Å². The predicted molar refractivity (Wildman–Crippen MR) is 129 cm³/mol. The molecule has 0 unspecified atom stereocenters. The predicted octanol–water partition coefficient (Wildman–Crippen LogP) is 5.83. The third-order valence-electron chi connectivity index (χ3n) is 5.19. The zero-order chi connectivity index (χ0) is 21.5. The average molecular weight is 399 g/mol. The van der Waals surface area contributed by atoms with Crippen LogP contribution in [0.4, 0.5) is 11.4 Å². The largest absolute Gasteiger partial charge is 0.387 e. The molecule has 4 nitrogen and oxygen atoms in total. The summed E-state index contributed by atoms with van der Waals surface area (Å²) in [5, 5.41) is 3.18. The van der Waals surface area contributed by atoms with E-state index >= 15 is 0 Å². The number of allylic oxidation sites excluding steroid dienone is 2. The Balaban J connectivity index is 1.98. The zero-order valence-electron chi connectivity index (χ0n) is 18.2. The van der Waals surface area contributed by atoms with Crippen molar-refractivity contribution in [2.24, 2.45) is 0 Å². The summed E-state index contributed by atoms with van der Waals surface area (Å²) in [5.41, 5.74) is 8.39. The lowest BCUT2D eigenvalue weighted by atomic mass is 10.0. The van der Waals surface area contributed by atoms with Crippen molar-refractivity contribution in [2.45, 2.75) is 26.7 Å². The second-order valence-corrected chi connectivity index (χ2v) is 7.20. The Kier molecular flexibility index (Phi) is 7.02. The Labute approximate surface area is 179 Å². The van der Waals surface area contributed by atoms with E-state index in [0.29, 0.717) is 6.54 Å². The van der Waals surface area contributed by atoms with Crippen molar-refractivity contribution >= 4 is 28.0 Å². The number of rotatable bonds is 9. The summed E-state index contributed by atoms with van der Waals surface area (Å²) >= 11 is 0. The number of benzene rings is 2. The number of aromatic nitrogens is 2. The van der Waals surface area contributed by atoms with E-state index in [4.69, 9.17) is 4.98 Å². The Hall–Kier alpha value is -3.40. The Bertz CT molecular complexity index is 1060. The van der Waals surface area contributed by atoms with Gasteiger partial charge in [-0.2, -0.15) is 0 Å². The fraction of sp³-hybridized carbons (Fsp3) is 0.231. The molecule has 30 heavy (non-hydrogen) atoms. The first kappa shape index (κ1) is 21.3. The van der Waals surface area contributed by atoms with E-state index in [0.717, 1.165) is 40.8 Å². The van der Waals surface area contributed by atoms with Gasteiger partial charge in [-0.3, -0.25) is 4.98 Å². The normalized spacial score (nSPS) is 11.4. The van der Waals surface area contributed by atoms with Gasteiger partial charge in [0, 0.05) is 36.7 Å². The summed E-state index contributed by atoms with van der Waals surface area (Å²) in [4.78, 5) is 11.6. The van der Waals surface area contributed by atoms with E-state index in [1.54, 1.807) is 12.3 Å². The summed E-state index contributed by atoms with van der Waals surface area (Å²) in [7, 11) is 2.10. The van der Waals surface area contributed by atoms with Gasteiger partial charge in [-0.05, 0) is 54.3 Å². The number of nitrogens with zero attached hydrogens (tertiary/aromatic N) is 3. The second kappa shape index (κ2) is 9.88. The van der Waals surface area contributed by atoms with E-state index < -0.39 is 0 Å². The summed E-state index contributed by atoms with van der Waals surface area (Å²) < 4.78 is 0. The van der Waals surface area contributed by atoms with Crippen LogP contribution in [0.3, 0.4) is 0 Å². The van der Waals surface area contributed by atoms with Crippen molar-refractivity contribution in [1.29, 1.82) is 0 Å². The third kappa shape index (κ3) is 4.77. The molecule has 1 heterocycles. The van der Waals surface area contributed by atoms with Crippen molar-refractivity contribution < 1.29 is 0 Å². The standard InChI is InChI=1S/C26H30N4/c1-6-12-27-17-21(9-4)26-18-28-24-11-10-22(16-25(24)29-26)30(5)23-14-19(7-2)13-20(8-3)15-23/h6,9-11,13-18,27H,1,4,7-8,12H2,2-3,5H3/b21-17+. The van der Waals surface area contributed by atoms with E-state index in [2.05, 4.69) is 79.6 Å². The van der Waals surface area contributed by atoms with Gasteiger partial charge in [0.25, 0.3) is 0 Å². The lowest BCUT2D eigenvalue weighted by molar-refractivity contribution is 0.989. The number of nitrogens with one attached hydrogen (secondary N) is 1. The van der Waals surface area contributed by atoms with E-state index in [1.165, 1.54) is 16.8 Å². The highest BCUT2D eigenvalue weighted by molar-refractivity contribution is 5.83. The molecule has 154 valence electrons. The van der Waals surface area contributed by atoms with Gasteiger partial charge < -0.3 is 10.2 Å². The van der Waals surface area contributed by atoms with Crippen LogP contribution in [-0.4, -0.2) is 23.6 Å². The number of hydrogen-bond donors (Lipinski definition) is 1. The molecule has 2 aromatic carbocycles. The Morgan fingerprint density at radius 3 is 2.37 bits per heavy atom. The fourth-order valence-electron chi connectivity index (χ4n) is 3.33. The highest BCUT2D eigenvalue weighted by Gasteiger charge is 2.10. The van der Waals surface area contributed by atoms with Gasteiger partial charge in [0.05, 0.1) is 22.9 Å². The molecular weight excluding hydrogens is 368 g/mol. The third-order valence-corrected chi connectivity index (χ3v) is 5.19. The van der Waals surface area contributed by atoms with Gasteiger partial charge >= 0.3 is 0 Å². The average Bonchev–Trinajstić information content (AvgIpc) is 2.80. The number of aryl methyl sites for hydroxylation is 2. The first-order valence-electron chi connectivity index (χ1n) is 10.4. The molecule has 0 aliphatic heterocycles. The lowest BCUT2D eigenvalue weighted by Crippen LogP contribution is -2.10. The molecule has 0 bridgehead atoms. The number of hydrogen-bond acceptors (Lipinski definition) is 4. The smallest absolute Gasteiger partial charge is 0.0915 e. The SMILES string of the molecule is C=CCN/C=C(\C=C)c1cnc2ccc(N(C)c3cc(CC)cc(CC)c3)cc2n1. The molecular formula is C26H30N4. The minimum Gasteiger partial charge on any atom is -0.387 e. The maximum Gasteiger partial charge on any atom is 0.0915 e. The molecule has 0 fully saturated rings. The number of anilines is 2. The highest BCUT2D eigenvalue weighted by atomic mass is 15.1. The first-order valence-corrected chi connectivity index (χ1v) is 10.4. The molecule has 3 rings (SSSR count). The molecule has 0 saturated heterocycles. The van der Waals surface area contributed by atoms with Crippen LogP contribution in [0.1, 0.15) is 30.7 Å². The minimum atomic E-state index is 0.684. The Morgan fingerprint density at radius 1 is 1.00 bits per heavy atom. The molecule has 1 N–H and O–H groups in total. The van der Waals surface area contributed by atoms with E-state index in [9.17, 15) is 0 Å². The van der Waals surface area contributed by atoms with Crippen LogP contribution >= 0.6 is 0 Å². The molecule has 0 atom stereocenters. The quantitative estimate of drug-likeness (QED) is 0.280. The molecule has 0 radical (unpaired) electrons. The van der Waals surface area contributed by atoms with Gasteiger partial charge in [-0.25, -0.2) is 4.98 Å². The maximum atomic E-state index is 4.83. The van der Waals surface area contributed by atoms with Crippen LogP contribution in [0, 0.1) is 0 Å². The monoisotopic (exact) mass is 398 g/mol. The fourth-order valence-corrected chi connectivity index (χ4v) is 3.33. The molecule has 0 spiro atoms. The summed E-state index contributed by atoms with van der Waals surface area (Å²) in [6, 6.07) is 13.0. The van der Waals surface area contributed by atoms with Gasteiger partial charge in [-0.1, -0.05) is 38.6 Å². The van der Waals surface area contributed by atoms with Gasteiger partial charge in [-0.15, -0.1) is 6.58 Å². The number of fused-ring (bicyclic) bond motifs is 1. The van der Waals surface area contributed by atoms with Crippen LogP contribution in [0.15, 0.2) is 74.1 Å². The summed E-state index contributed by atoms with van der Waals surface area (Å²) in [6.45, 7) is 12.7. The van der Waals surface area contributed by atoms with Crippen LogP contribution in [0.5, 0.6) is 0 Å². The molecule has 0 amide bonds. The molecule has 0 aliphatic rings. The molecule has 0 aliphatic carbocycles. The summed E-state index contributed by atoms with van der Waals surface area (Å²) in [5.74, 6) is 0. The Morgan fingerprint density at radius 2 is 1.73 bits per heavy atom. The highest BCUT2D eigenvalue weighted by Crippen LogP contribution is 2.28.